The molecule has 5 fully saturated rings. The third-order valence-electron chi connectivity index (χ3n) is 8.18. The number of carbonyl (C=O) groups excluding carboxylic acids is 1. The molecule has 4 bridgehead atoms. The van der Waals surface area contributed by atoms with E-state index in [-0.39, 0.29) is 5.41 Å². The van der Waals surface area contributed by atoms with Crippen LogP contribution in [0.25, 0.3) is 0 Å². The molecule has 0 radical (unpaired) electrons. The van der Waals surface area contributed by atoms with Crippen molar-refractivity contribution in [3.05, 3.63) is 0 Å². The average molecular weight is 428 g/mol. The van der Waals surface area contributed by atoms with Gasteiger partial charge in [-0.05, 0) is 79.4 Å². The standard InChI is InChI=1S/C22H32F3N3O2/c1-18-9-19(2)11-20(3,10-18)14-21(12-18,13-19)8-15-26-28(30-17(29)22(23,24)25)16-6-4-5-7-27(15)16/h16H,4-14H2,1-3H3. The number of nitrogens with zero attached hydrogens (tertiary/aromatic N) is 3. The maximum Gasteiger partial charge on any atom is 0.493 e. The number of piperidine rings is 1. The van der Waals surface area contributed by atoms with Crippen LogP contribution in [0.3, 0.4) is 0 Å². The molecule has 5 nitrogen and oxygen atoms in total. The van der Waals surface area contributed by atoms with Gasteiger partial charge in [0, 0.05) is 13.0 Å². The molecule has 8 heteroatoms. The number of hydrazone groups is 1. The summed E-state index contributed by atoms with van der Waals surface area (Å²) in [6, 6.07) is 0. The Hall–Kier alpha value is -1.47. The molecule has 168 valence electrons. The molecule has 0 aromatic heterocycles. The Morgan fingerprint density at radius 1 is 1.03 bits per heavy atom. The van der Waals surface area contributed by atoms with Crippen molar-refractivity contribution in [1.29, 1.82) is 0 Å². The van der Waals surface area contributed by atoms with E-state index in [1.807, 2.05) is 0 Å². The van der Waals surface area contributed by atoms with Crippen LogP contribution in [0.15, 0.2) is 5.10 Å². The summed E-state index contributed by atoms with van der Waals surface area (Å²) >= 11 is 0. The molecule has 6 rings (SSSR count). The highest BCUT2D eigenvalue weighted by Gasteiger charge is 2.64. The quantitative estimate of drug-likeness (QED) is 0.619. The maximum absolute atomic E-state index is 12.8. The van der Waals surface area contributed by atoms with Gasteiger partial charge < -0.3 is 9.74 Å². The molecule has 1 unspecified atom stereocenters. The lowest BCUT2D eigenvalue weighted by Crippen LogP contribution is -2.59. The Bertz CT molecular complexity index is 741. The third-order valence-corrected chi connectivity index (χ3v) is 8.18. The van der Waals surface area contributed by atoms with Crippen LogP contribution >= 0.6 is 0 Å². The Balaban J connectivity index is 1.42. The Kier molecular flexibility index (Phi) is 4.13. The van der Waals surface area contributed by atoms with Crippen LogP contribution in [-0.2, 0) is 9.63 Å². The van der Waals surface area contributed by atoms with Gasteiger partial charge in [0.05, 0.1) is 0 Å². The van der Waals surface area contributed by atoms with Crippen LogP contribution < -0.4 is 0 Å². The number of amidine groups is 1. The zero-order valence-corrected chi connectivity index (χ0v) is 18.1. The number of carbonyl (C=O) groups is 1. The van der Waals surface area contributed by atoms with Gasteiger partial charge in [-0.15, -0.1) is 5.10 Å². The smallest absolute Gasteiger partial charge is 0.334 e. The molecule has 30 heavy (non-hydrogen) atoms. The highest BCUT2D eigenvalue weighted by atomic mass is 19.4. The van der Waals surface area contributed by atoms with E-state index in [0.29, 0.717) is 22.7 Å². The van der Waals surface area contributed by atoms with Gasteiger partial charge >= 0.3 is 12.1 Å². The molecular formula is C22H32F3N3O2. The van der Waals surface area contributed by atoms with E-state index in [4.69, 9.17) is 4.84 Å². The Morgan fingerprint density at radius 2 is 1.60 bits per heavy atom. The first-order chi connectivity index (χ1) is 13.8. The molecule has 0 N–H and O–H groups in total. The van der Waals surface area contributed by atoms with Gasteiger partial charge in [0.25, 0.3) is 0 Å². The first kappa shape index (κ1) is 20.4. The summed E-state index contributed by atoms with van der Waals surface area (Å²) in [4.78, 5) is 18.3. The fourth-order valence-corrected chi connectivity index (χ4v) is 9.12. The van der Waals surface area contributed by atoms with E-state index in [1.165, 1.54) is 19.3 Å². The summed E-state index contributed by atoms with van der Waals surface area (Å²) in [6.45, 7) is 8.03. The number of fused-ring (bicyclic) bond motifs is 1. The van der Waals surface area contributed by atoms with Crippen molar-refractivity contribution in [2.24, 2.45) is 26.8 Å². The van der Waals surface area contributed by atoms with E-state index in [2.05, 4.69) is 30.8 Å². The van der Waals surface area contributed by atoms with Gasteiger partial charge in [-0.25, -0.2) is 4.79 Å². The number of alkyl halides is 3. The zero-order valence-electron chi connectivity index (χ0n) is 18.1. The summed E-state index contributed by atoms with van der Waals surface area (Å²) < 4.78 is 38.3. The molecule has 4 aliphatic carbocycles. The number of halogens is 3. The number of hydrogen-bond donors (Lipinski definition) is 0. The molecule has 2 aliphatic heterocycles. The van der Waals surface area contributed by atoms with Crippen molar-refractivity contribution in [3.8, 4) is 0 Å². The van der Waals surface area contributed by atoms with Crippen LogP contribution in [0.1, 0.15) is 85.0 Å². The van der Waals surface area contributed by atoms with Crippen molar-refractivity contribution in [3.63, 3.8) is 0 Å². The lowest BCUT2D eigenvalue weighted by molar-refractivity contribution is -0.251. The molecule has 2 heterocycles. The van der Waals surface area contributed by atoms with Crippen molar-refractivity contribution in [2.45, 2.75) is 97.3 Å². The fraction of sp³-hybridized carbons (Fsp3) is 0.909. The monoisotopic (exact) mass is 427 g/mol. The van der Waals surface area contributed by atoms with Gasteiger partial charge in [-0.2, -0.15) is 13.2 Å². The average Bonchev–Trinajstić information content (AvgIpc) is 2.87. The lowest BCUT2D eigenvalue weighted by Gasteiger charge is -2.69. The van der Waals surface area contributed by atoms with E-state index >= 15 is 0 Å². The van der Waals surface area contributed by atoms with Crippen LogP contribution in [0, 0.1) is 21.7 Å². The third kappa shape index (κ3) is 3.29. The Labute approximate surface area is 175 Å². The van der Waals surface area contributed by atoms with Gasteiger partial charge in [0.1, 0.15) is 5.84 Å². The van der Waals surface area contributed by atoms with Crippen LogP contribution in [0.4, 0.5) is 13.2 Å². The largest absolute Gasteiger partial charge is 0.493 e. The van der Waals surface area contributed by atoms with Crippen LogP contribution in [0.5, 0.6) is 0 Å². The van der Waals surface area contributed by atoms with Gasteiger partial charge in [-0.3, -0.25) is 0 Å². The molecule has 1 atom stereocenters. The highest BCUT2D eigenvalue weighted by molar-refractivity contribution is 5.85. The number of hydroxylamine groups is 1. The van der Waals surface area contributed by atoms with Gasteiger partial charge in [-0.1, -0.05) is 25.9 Å². The minimum absolute atomic E-state index is 0.137. The van der Waals surface area contributed by atoms with E-state index in [1.54, 1.807) is 0 Å². The SMILES string of the molecule is CC12CC3(C)CC(C)(C1)CC(CC1=NN(OC(=O)C(F)(F)F)C4CCCCN14)(C2)C3. The molecule has 6 aliphatic rings. The van der Waals surface area contributed by atoms with Crippen molar-refractivity contribution in [1.82, 2.24) is 10.1 Å². The second-order valence-corrected chi connectivity index (χ2v) is 12.0. The molecular weight excluding hydrogens is 395 g/mol. The number of rotatable bonds is 3. The van der Waals surface area contributed by atoms with E-state index < -0.39 is 18.3 Å². The second kappa shape index (κ2) is 6.06. The molecule has 4 saturated carbocycles. The maximum atomic E-state index is 12.8. The van der Waals surface area contributed by atoms with E-state index in [0.717, 1.165) is 56.1 Å². The topological polar surface area (TPSA) is 45.1 Å². The molecule has 0 aromatic carbocycles. The summed E-state index contributed by atoms with van der Waals surface area (Å²) in [7, 11) is 0. The molecule has 0 aromatic rings. The summed E-state index contributed by atoms with van der Waals surface area (Å²) in [5, 5.41) is 5.40. The molecule has 1 saturated heterocycles. The summed E-state index contributed by atoms with van der Waals surface area (Å²) in [5.74, 6) is -1.38. The zero-order chi connectivity index (χ0) is 21.6. The van der Waals surface area contributed by atoms with E-state index in [9.17, 15) is 18.0 Å². The summed E-state index contributed by atoms with van der Waals surface area (Å²) in [6.07, 6.45) is 5.15. The fourth-order valence-electron chi connectivity index (χ4n) is 9.12. The van der Waals surface area contributed by atoms with Gasteiger partial charge in [0.2, 0.25) is 0 Å². The normalized spacial score (nSPS) is 44.9. The minimum Gasteiger partial charge on any atom is -0.334 e. The predicted molar refractivity (Wildman–Crippen MR) is 105 cm³/mol. The molecule has 0 amide bonds. The highest BCUT2D eigenvalue weighted by Crippen LogP contribution is 2.74. The molecule has 0 spiro atoms. The van der Waals surface area contributed by atoms with Crippen molar-refractivity contribution in [2.75, 3.05) is 6.54 Å². The van der Waals surface area contributed by atoms with Crippen LogP contribution in [-0.4, -0.2) is 40.8 Å². The van der Waals surface area contributed by atoms with Crippen molar-refractivity contribution >= 4 is 11.8 Å². The Morgan fingerprint density at radius 3 is 2.13 bits per heavy atom. The van der Waals surface area contributed by atoms with Gasteiger partial charge in [0.15, 0.2) is 6.17 Å². The number of hydrogen-bond acceptors (Lipinski definition) is 5. The van der Waals surface area contributed by atoms with Crippen molar-refractivity contribution < 1.29 is 22.8 Å². The lowest BCUT2D eigenvalue weighted by atomic mass is 9.36. The minimum atomic E-state index is -5.02. The first-order valence-electron chi connectivity index (χ1n) is 11.2. The predicted octanol–water partition coefficient (Wildman–Crippen LogP) is 5.22. The summed E-state index contributed by atoms with van der Waals surface area (Å²) in [5.41, 5.74) is 1.14. The van der Waals surface area contributed by atoms with Crippen LogP contribution in [0.2, 0.25) is 0 Å². The first-order valence-corrected chi connectivity index (χ1v) is 11.2. The second-order valence-electron chi connectivity index (χ2n) is 12.0.